The van der Waals surface area contributed by atoms with Crippen LogP contribution in [0.15, 0.2) is 78.9 Å². The summed E-state index contributed by atoms with van der Waals surface area (Å²) in [5.74, 6) is 3.18. The van der Waals surface area contributed by atoms with Gasteiger partial charge < -0.3 is 18.9 Å². The number of amides is 1. The number of aromatic nitrogens is 2. The molecule has 1 aliphatic heterocycles. The van der Waals surface area contributed by atoms with Crippen LogP contribution in [-0.4, -0.2) is 40.1 Å². The Hall–Kier alpha value is -3.80. The first kappa shape index (κ1) is 24.9. The van der Waals surface area contributed by atoms with E-state index in [4.69, 9.17) is 14.5 Å². The highest BCUT2D eigenvalue weighted by molar-refractivity contribution is 5.94. The minimum Gasteiger partial charge on any atom is -0.494 e. The van der Waals surface area contributed by atoms with E-state index in [-0.39, 0.29) is 5.91 Å². The number of rotatable bonds is 10. The van der Waals surface area contributed by atoms with Crippen molar-refractivity contribution in [2.24, 2.45) is 5.92 Å². The fourth-order valence-corrected chi connectivity index (χ4v) is 4.89. The molecule has 6 nitrogen and oxygen atoms in total. The Balaban J connectivity index is 1.20. The molecule has 0 N–H and O–H groups in total. The summed E-state index contributed by atoms with van der Waals surface area (Å²) < 4.78 is 14.1. The van der Waals surface area contributed by atoms with Crippen molar-refractivity contribution < 1.29 is 14.3 Å². The summed E-state index contributed by atoms with van der Waals surface area (Å²) in [6.45, 7) is 5.68. The third-order valence-electron chi connectivity index (χ3n) is 7.06. The minimum absolute atomic E-state index is 0.101. The lowest BCUT2D eigenvalue weighted by atomic mass is 9.96. The van der Waals surface area contributed by atoms with Crippen molar-refractivity contribution in [1.82, 2.24) is 14.5 Å². The number of carbonyl (C=O) groups excluding carboxylic acids is 1. The number of fused-ring (bicyclic) bond motifs is 1. The van der Waals surface area contributed by atoms with Crippen molar-refractivity contribution in [3.63, 3.8) is 0 Å². The largest absolute Gasteiger partial charge is 0.494 e. The zero-order valence-electron chi connectivity index (χ0n) is 21.5. The van der Waals surface area contributed by atoms with Gasteiger partial charge in [0, 0.05) is 25.2 Å². The number of ether oxygens (including phenoxy) is 2. The van der Waals surface area contributed by atoms with E-state index in [1.54, 1.807) is 0 Å². The van der Waals surface area contributed by atoms with Crippen LogP contribution in [0.25, 0.3) is 11.0 Å². The molecule has 0 bridgehead atoms. The zero-order valence-corrected chi connectivity index (χ0v) is 21.5. The molecule has 2 heterocycles. The van der Waals surface area contributed by atoms with Crippen LogP contribution in [0.1, 0.15) is 48.8 Å². The third kappa shape index (κ3) is 6.13. The smallest absolute Gasteiger partial charge is 0.253 e. The van der Waals surface area contributed by atoms with Crippen molar-refractivity contribution in [3.8, 4) is 11.5 Å². The molecule has 1 aromatic heterocycles. The van der Waals surface area contributed by atoms with Gasteiger partial charge >= 0.3 is 0 Å². The predicted octanol–water partition coefficient (Wildman–Crippen LogP) is 6.35. The van der Waals surface area contributed by atoms with Crippen LogP contribution in [0.2, 0.25) is 0 Å². The SMILES string of the molecule is CCCCOc1ccc(C(=O)N2CCC(Cn3c(COc4ccccc4)nc4ccccc43)CC2)cc1. The van der Waals surface area contributed by atoms with Crippen LogP contribution >= 0.6 is 0 Å². The number of imidazole rings is 1. The van der Waals surface area contributed by atoms with Crippen molar-refractivity contribution in [3.05, 3.63) is 90.3 Å². The highest BCUT2D eigenvalue weighted by Gasteiger charge is 2.25. The second-order valence-corrected chi connectivity index (χ2v) is 9.69. The summed E-state index contributed by atoms with van der Waals surface area (Å²) in [5, 5.41) is 0. The van der Waals surface area contributed by atoms with Gasteiger partial charge in [-0.25, -0.2) is 4.98 Å². The van der Waals surface area contributed by atoms with Crippen LogP contribution in [0, 0.1) is 5.92 Å². The fraction of sp³-hybridized carbons (Fsp3) is 0.355. The molecule has 6 heteroatoms. The van der Waals surface area contributed by atoms with E-state index in [2.05, 4.69) is 29.7 Å². The Labute approximate surface area is 218 Å². The Kier molecular flexibility index (Phi) is 8.04. The van der Waals surface area contributed by atoms with E-state index in [1.165, 1.54) is 0 Å². The molecule has 1 fully saturated rings. The number of piperidine rings is 1. The molecule has 37 heavy (non-hydrogen) atoms. The second kappa shape index (κ2) is 12.0. The number of carbonyl (C=O) groups is 1. The van der Waals surface area contributed by atoms with Crippen molar-refractivity contribution in [2.45, 2.75) is 45.8 Å². The molecule has 0 aliphatic carbocycles. The van der Waals surface area contributed by atoms with E-state index >= 15 is 0 Å². The van der Waals surface area contributed by atoms with Crippen molar-refractivity contribution >= 4 is 16.9 Å². The summed E-state index contributed by atoms with van der Waals surface area (Å²) in [6, 6.07) is 25.7. The maximum atomic E-state index is 13.1. The molecule has 1 aliphatic rings. The summed E-state index contributed by atoms with van der Waals surface area (Å²) in [5.41, 5.74) is 2.85. The van der Waals surface area contributed by atoms with Gasteiger partial charge in [-0.2, -0.15) is 0 Å². The van der Waals surface area contributed by atoms with E-state index in [9.17, 15) is 4.79 Å². The average Bonchev–Trinajstić information content (AvgIpc) is 3.30. The number of nitrogens with zero attached hydrogens (tertiary/aromatic N) is 3. The number of hydrogen-bond acceptors (Lipinski definition) is 4. The summed E-state index contributed by atoms with van der Waals surface area (Å²) >= 11 is 0. The molecule has 4 aromatic rings. The monoisotopic (exact) mass is 497 g/mol. The van der Waals surface area contributed by atoms with Crippen LogP contribution in [0.4, 0.5) is 0 Å². The van der Waals surface area contributed by atoms with Gasteiger partial charge in [-0.15, -0.1) is 0 Å². The zero-order chi connectivity index (χ0) is 25.5. The van der Waals surface area contributed by atoms with Crippen LogP contribution in [0.5, 0.6) is 11.5 Å². The summed E-state index contributed by atoms with van der Waals surface area (Å²) in [7, 11) is 0. The topological polar surface area (TPSA) is 56.6 Å². The first-order chi connectivity index (χ1) is 18.2. The Morgan fingerprint density at radius 2 is 1.59 bits per heavy atom. The lowest BCUT2D eigenvalue weighted by Crippen LogP contribution is -2.39. The average molecular weight is 498 g/mol. The number of likely N-dealkylation sites (tertiary alicyclic amines) is 1. The highest BCUT2D eigenvalue weighted by Crippen LogP contribution is 2.26. The van der Waals surface area contributed by atoms with Gasteiger partial charge in [0.25, 0.3) is 5.91 Å². The first-order valence-electron chi connectivity index (χ1n) is 13.4. The summed E-state index contributed by atoms with van der Waals surface area (Å²) in [4.78, 5) is 19.9. The van der Waals surface area contributed by atoms with Crippen LogP contribution in [0.3, 0.4) is 0 Å². The van der Waals surface area contributed by atoms with Crippen molar-refractivity contribution in [1.29, 1.82) is 0 Å². The molecule has 192 valence electrons. The molecular formula is C31H35N3O3. The quantitative estimate of drug-likeness (QED) is 0.240. The number of para-hydroxylation sites is 3. The number of hydrogen-bond donors (Lipinski definition) is 0. The van der Waals surface area contributed by atoms with E-state index in [0.717, 1.165) is 79.2 Å². The molecular weight excluding hydrogens is 462 g/mol. The van der Waals surface area contributed by atoms with E-state index in [1.807, 2.05) is 65.6 Å². The van der Waals surface area contributed by atoms with E-state index < -0.39 is 0 Å². The lowest BCUT2D eigenvalue weighted by Gasteiger charge is -2.32. The Bertz CT molecular complexity index is 1290. The molecule has 1 amide bonds. The van der Waals surface area contributed by atoms with Gasteiger partial charge in [0.15, 0.2) is 0 Å². The second-order valence-electron chi connectivity index (χ2n) is 9.69. The van der Waals surface area contributed by atoms with Gasteiger partial charge in [0.1, 0.15) is 23.9 Å². The third-order valence-corrected chi connectivity index (χ3v) is 7.06. The minimum atomic E-state index is 0.101. The van der Waals surface area contributed by atoms with Gasteiger partial charge in [-0.1, -0.05) is 43.7 Å². The molecule has 0 atom stereocenters. The van der Waals surface area contributed by atoms with Gasteiger partial charge in [0.05, 0.1) is 17.6 Å². The molecule has 0 saturated carbocycles. The van der Waals surface area contributed by atoms with Crippen molar-refractivity contribution in [2.75, 3.05) is 19.7 Å². The first-order valence-corrected chi connectivity index (χ1v) is 13.4. The van der Waals surface area contributed by atoms with Crippen LogP contribution < -0.4 is 9.47 Å². The van der Waals surface area contributed by atoms with E-state index in [0.29, 0.717) is 19.1 Å². The Morgan fingerprint density at radius 3 is 2.35 bits per heavy atom. The predicted molar refractivity (Wildman–Crippen MR) is 146 cm³/mol. The van der Waals surface area contributed by atoms with Gasteiger partial charge in [0.2, 0.25) is 0 Å². The molecule has 5 rings (SSSR count). The Morgan fingerprint density at radius 1 is 0.892 bits per heavy atom. The highest BCUT2D eigenvalue weighted by atomic mass is 16.5. The maximum Gasteiger partial charge on any atom is 0.253 e. The normalized spacial score (nSPS) is 14.1. The maximum absolute atomic E-state index is 13.1. The lowest BCUT2D eigenvalue weighted by molar-refractivity contribution is 0.0682. The number of unbranched alkanes of at least 4 members (excludes halogenated alkanes) is 1. The standard InChI is InChI=1S/C31H35N3O3/c1-2-3-21-36-27-15-13-25(14-16-27)31(35)33-19-17-24(18-20-33)22-34-29-12-8-7-11-28(29)32-30(34)23-37-26-9-5-4-6-10-26/h4-16,24H,2-3,17-23H2,1H3. The fourth-order valence-electron chi connectivity index (χ4n) is 4.89. The van der Waals surface area contributed by atoms with Gasteiger partial charge in [-0.3, -0.25) is 4.79 Å². The molecule has 0 spiro atoms. The van der Waals surface area contributed by atoms with Gasteiger partial charge in [-0.05, 0) is 73.7 Å². The molecule has 3 aromatic carbocycles. The molecule has 0 radical (unpaired) electrons. The van der Waals surface area contributed by atoms with Crippen LogP contribution in [-0.2, 0) is 13.2 Å². The number of benzene rings is 3. The molecule has 0 unspecified atom stereocenters. The summed E-state index contributed by atoms with van der Waals surface area (Å²) in [6.07, 6.45) is 4.07. The molecule has 1 saturated heterocycles.